The van der Waals surface area contributed by atoms with Crippen LogP contribution in [0.2, 0.25) is 0 Å². The van der Waals surface area contributed by atoms with Crippen molar-refractivity contribution < 1.29 is 9.47 Å². The van der Waals surface area contributed by atoms with E-state index in [1.807, 2.05) is 18.8 Å². The van der Waals surface area contributed by atoms with Crippen molar-refractivity contribution in [2.24, 2.45) is 5.73 Å². The molecule has 0 aliphatic carbocycles. The number of methoxy groups -OCH3 is 2. The number of hydrogen-bond donors (Lipinski definition) is 1. The first-order valence-electron chi connectivity index (χ1n) is 7.50. The summed E-state index contributed by atoms with van der Waals surface area (Å²) in [6.45, 7) is 5.86. The highest BCUT2D eigenvalue weighted by Gasteiger charge is 2.38. The number of rotatable bonds is 9. The zero-order valence-electron chi connectivity index (χ0n) is 14.2. The van der Waals surface area contributed by atoms with Gasteiger partial charge in [-0.05, 0) is 26.9 Å². The smallest absolute Gasteiger partial charge is 0.161 e. The first kappa shape index (κ1) is 17.9. The maximum atomic E-state index is 6.55. The molecule has 0 aromatic carbocycles. The lowest BCUT2D eigenvalue weighted by molar-refractivity contribution is -0.0410. The minimum absolute atomic E-state index is 0.280. The molecule has 6 heteroatoms. The van der Waals surface area contributed by atoms with Gasteiger partial charge in [0.1, 0.15) is 5.69 Å². The molecule has 0 bridgehead atoms. The van der Waals surface area contributed by atoms with Gasteiger partial charge in [-0.25, -0.2) is 0 Å². The fourth-order valence-corrected chi connectivity index (χ4v) is 2.68. The van der Waals surface area contributed by atoms with E-state index in [0.29, 0.717) is 0 Å². The maximum absolute atomic E-state index is 6.55. The predicted molar refractivity (Wildman–Crippen MR) is 84.6 cm³/mol. The first-order chi connectivity index (χ1) is 9.95. The van der Waals surface area contributed by atoms with Crippen molar-refractivity contribution in [2.75, 3.05) is 34.9 Å². The average Bonchev–Trinajstić information content (AvgIpc) is 2.90. The molecule has 0 amide bonds. The number of hydrogen-bond acceptors (Lipinski definition) is 5. The third kappa shape index (κ3) is 3.75. The SMILES string of the molecule is CCC(CC)(OC)C(N)c1c(OC)cnn1CCN(C)C. The van der Waals surface area contributed by atoms with E-state index in [4.69, 9.17) is 15.2 Å². The van der Waals surface area contributed by atoms with Crippen LogP contribution in [-0.2, 0) is 11.3 Å². The third-order valence-corrected chi connectivity index (χ3v) is 4.29. The maximum Gasteiger partial charge on any atom is 0.161 e. The monoisotopic (exact) mass is 298 g/mol. The van der Waals surface area contributed by atoms with E-state index in [2.05, 4.69) is 23.8 Å². The Morgan fingerprint density at radius 2 is 1.95 bits per heavy atom. The lowest BCUT2D eigenvalue weighted by Gasteiger charge is -2.36. The van der Waals surface area contributed by atoms with Crippen molar-refractivity contribution in [2.45, 2.75) is 44.9 Å². The van der Waals surface area contributed by atoms with Gasteiger partial charge in [-0.1, -0.05) is 13.8 Å². The zero-order valence-corrected chi connectivity index (χ0v) is 14.2. The molecule has 0 aliphatic rings. The van der Waals surface area contributed by atoms with E-state index >= 15 is 0 Å². The molecule has 1 atom stereocenters. The summed E-state index contributed by atoms with van der Waals surface area (Å²) in [6, 6.07) is -0.280. The van der Waals surface area contributed by atoms with Crippen LogP contribution in [0, 0.1) is 0 Å². The Balaban J connectivity index is 3.16. The van der Waals surface area contributed by atoms with Crippen LogP contribution in [0.4, 0.5) is 0 Å². The van der Waals surface area contributed by atoms with Crippen LogP contribution < -0.4 is 10.5 Å². The van der Waals surface area contributed by atoms with Gasteiger partial charge < -0.3 is 20.1 Å². The summed E-state index contributed by atoms with van der Waals surface area (Å²) >= 11 is 0. The zero-order chi connectivity index (χ0) is 16.0. The molecule has 21 heavy (non-hydrogen) atoms. The summed E-state index contributed by atoms with van der Waals surface area (Å²) in [6.07, 6.45) is 3.41. The van der Waals surface area contributed by atoms with Crippen molar-refractivity contribution in [1.29, 1.82) is 0 Å². The topological polar surface area (TPSA) is 65.5 Å². The molecule has 0 radical (unpaired) electrons. The fourth-order valence-electron chi connectivity index (χ4n) is 2.68. The quantitative estimate of drug-likeness (QED) is 0.751. The van der Waals surface area contributed by atoms with E-state index < -0.39 is 5.60 Å². The minimum Gasteiger partial charge on any atom is -0.493 e. The van der Waals surface area contributed by atoms with Gasteiger partial charge in [-0.3, -0.25) is 4.68 Å². The molecular formula is C15H30N4O2. The highest BCUT2D eigenvalue weighted by atomic mass is 16.5. The Kier molecular flexibility index (Phi) is 6.64. The van der Waals surface area contributed by atoms with Gasteiger partial charge in [0, 0.05) is 13.7 Å². The molecule has 0 saturated heterocycles. The van der Waals surface area contributed by atoms with Crippen LogP contribution in [0.15, 0.2) is 6.20 Å². The summed E-state index contributed by atoms with van der Waals surface area (Å²) in [5.41, 5.74) is 7.06. The Hall–Kier alpha value is -1.11. The second kappa shape index (κ2) is 7.77. The molecular weight excluding hydrogens is 268 g/mol. The Morgan fingerprint density at radius 3 is 2.38 bits per heavy atom. The van der Waals surface area contributed by atoms with Gasteiger partial charge in [-0.15, -0.1) is 0 Å². The highest BCUT2D eigenvalue weighted by Crippen LogP contribution is 2.37. The van der Waals surface area contributed by atoms with Crippen LogP contribution in [0.3, 0.4) is 0 Å². The van der Waals surface area contributed by atoms with E-state index in [1.54, 1.807) is 20.4 Å². The van der Waals surface area contributed by atoms with Gasteiger partial charge in [0.2, 0.25) is 0 Å². The van der Waals surface area contributed by atoms with Gasteiger partial charge in [-0.2, -0.15) is 5.10 Å². The van der Waals surface area contributed by atoms with E-state index in [-0.39, 0.29) is 6.04 Å². The minimum atomic E-state index is -0.400. The number of nitrogens with two attached hydrogens (primary N) is 1. The summed E-state index contributed by atoms with van der Waals surface area (Å²) in [4.78, 5) is 2.12. The van der Waals surface area contributed by atoms with Crippen LogP contribution >= 0.6 is 0 Å². The summed E-state index contributed by atoms with van der Waals surface area (Å²) in [5.74, 6) is 0.726. The lowest BCUT2D eigenvalue weighted by atomic mass is 9.86. The fraction of sp³-hybridized carbons (Fsp3) is 0.800. The molecule has 1 aromatic rings. The highest BCUT2D eigenvalue weighted by molar-refractivity contribution is 5.30. The first-order valence-corrected chi connectivity index (χ1v) is 7.50. The van der Waals surface area contributed by atoms with Gasteiger partial charge in [0.05, 0.1) is 31.5 Å². The van der Waals surface area contributed by atoms with Gasteiger partial charge >= 0.3 is 0 Å². The molecule has 122 valence electrons. The van der Waals surface area contributed by atoms with Gasteiger partial charge in [0.25, 0.3) is 0 Å². The predicted octanol–water partition coefficient (Wildman–Crippen LogP) is 1.66. The molecule has 6 nitrogen and oxygen atoms in total. The molecule has 1 heterocycles. The van der Waals surface area contributed by atoms with E-state index in [9.17, 15) is 0 Å². The van der Waals surface area contributed by atoms with E-state index in [1.165, 1.54) is 0 Å². The number of likely N-dealkylation sites (N-methyl/N-ethyl adjacent to an activating group) is 1. The Morgan fingerprint density at radius 1 is 1.33 bits per heavy atom. The largest absolute Gasteiger partial charge is 0.493 e. The molecule has 0 aliphatic heterocycles. The summed E-state index contributed by atoms with van der Waals surface area (Å²) in [5, 5.41) is 4.43. The van der Waals surface area contributed by atoms with Crippen LogP contribution in [0.25, 0.3) is 0 Å². The van der Waals surface area contributed by atoms with Crippen molar-refractivity contribution in [3.8, 4) is 5.75 Å². The number of aromatic nitrogens is 2. The Labute approximate surface area is 128 Å². The molecule has 1 rings (SSSR count). The van der Waals surface area contributed by atoms with Crippen LogP contribution in [-0.4, -0.2) is 55.1 Å². The lowest BCUT2D eigenvalue weighted by Crippen LogP contribution is -2.43. The third-order valence-electron chi connectivity index (χ3n) is 4.29. The van der Waals surface area contributed by atoms with Crippen molar-refractivity contribution >= 4 is 0 Å². The van der Waals surface area contributed by atoms with Crippen molar-refractivity contribution in [3.05, 3.63) is 11.9 Å². The van der Waals surface area contributed by atoms with Gasteiger partial charge in [0.15, 0.2) is 5.75 Å². The molecule has 0 saturated carbocycles. The summed E-state index contributed by atoms with van der Waals surface area (Å²) in [7, 11) is 7.45. The Bertz CT molecular complexity index is 419. The van der Waals surface area contributed by atoms with Crippen LogP contribution in [0.5, 0.6) is 5.75 Å². The summed E-state index contributed by atoms with van der Waals surface area (Å²) < 4.78 is 13.2. The molecule has 1 aromatic heterocycles. The van der Waals surface area contributed by atoms with Crippen molar-refractivity contribution in [3.63, 3.8) is 0 Å². The van der Waals surface area contributed by atoms with Crippen molar-refractivity contribution in [1.82, 2.24) is 14.7 Å². The molecule has 2 N–H and O–H groups in total. The van der Waals surface area contributed by atoms with Crippen LogP contribution in [0.1, 0.15) is 38.4 Å². The second-order valence-electron chi connectivity index (χ2n) is 5.58. The molecule has 0 fully saturated rings. The second-order valence-corrected chi connectivity index (χ2v) is 5.58. The average molecular weight is 298 g/mol. The molecule has 0 spiro atoms. The molecule has 1 unspecified atom stereocenters. The standard InChI is InChI=1S/C15H30N4O2/c1-7-15(8-2,21-6)14(16)13-12(20-5)11-17-19(13)10-9-18(3)4/h11,14H,7-10,16H2,1-6H3. The number of ether oxygens (including phenoxy) is 2. The number of nitrogens with zero attached hydrogens (tertiary/aromatic N) is 3. The van der Waals surface area contributed by atoms with E-state index in [0.717, 1.165) is 37.4 Å². The normalized spacial score (nSPS) is 13.7.